The molecule has 0 N–H and O–H groups in total. The third-order valence-electron chi connectivity index (χ3n) is 14.7. The van der Waals surface area contributed by atoms with Crippen LogP contribution < -0.4 is 20.1 Å². The second-order valence-corrected chi connectivity index (χ2v) is 19.4. The fraction of sp³-hybridized carbons (Fsp3) is 0.306. The first-order valence-corrected chi connectivity index (χ1v) is 21.3. The molecule has 3 aliphatic rings. The van der Waals surface area contributed by atoms with E-state index in [9.17, 15) is 0 Å². The second kappa shape index (κ2) is 14.5. The van der Waals surface area contributed by atoms with Gasteiger partial charge < -0.3 is 28.7 Å². The van der Waals surface area contributed by atoms with Gasteiger partial charge in [0.1, 0.15) is 0 Å². The van der Waals surface area contributed by atoms with Crippen molar-refractivity contribution in [3.05, 3.63) is 133 Å². The Hall–Kier alpha value is -4.53. The largest absolute Gasteiger partial charge is 0.509 e. The Kier molecular flexibility index (Phi) is 9.95. The molecular weight excluding hydrogens is 930 g/mol. The van der Waals surface area contributed by atoms with Gasteiger partial charge in [0.05, 0.1) is 11.1 Å². The molecule has 7 aromatic rings. The molecule has 2 aromatic heterocycles. The van der Waals surface area contributed by atoms with Crippen molar-refractivity contribution in [1.82, 2.24) is 23.8 Å². The molecule has 2 aliphatic heterocycles. The van der Waals surface area contributed by atoms with Gasteiger partial charge in [0.2, 0.25) is 0 Å². The van der Waals surface area contributed by atoms with Gasteiger partial charge in [-0.15, -0.1) is 53.6 Å². The van der Waals surface area contributed by atoms with Crippen LogP contribution in [0.2, 0.25) is 13.6 Å². The van der Waals surface area contributed by atoms with E-state index < -0.39 is 0 Å². The van der Waals surface area contributed by atoms with Gasteiger partial charge in [0.25, 0.3) is 14.0 Å². The number of hydrogen-bond acceptors (Lipinski definition) is 7. The van der Waals surface area contributed by atoms with Crippen molar-refractivity contribution in [1.29, 1.82) is 0 Å². The number of benzene rings is 5. The number of hydrogen-bond donors (Lipinski definition) is 0. The average molecular weight is 984 g/mol. The summed E-state index contributed by atoms with van der Waals surface area (Å²) < 4.78 is 16.4. The summed E-state index contributed by atoms with van der Waals surface area (Å²) in [6.07, 6.45) is 0. The van der Waals surface area contributed by atoms with Crippen LogP contribution in [0.15, 0.2) is 97.1 Å². The molecule has 4 heterocycles. The number of aromatic nitrogens is 2. The van der Waals surface area contributed by atoms with E-state index in [1.807, 2.05) is 0 Å². The number of para-hydroxylation sites is 3. The number of ether oxygens (including phenoxy) is 1. The Morgan fingerprint density at radius 2 is 1.34 bits per heavy atom. The van der Waals surface area contributed by atoms with Crippen molar-refractivity contribution in [2.45, 2.75) is 78.4 Å². The van der Waals surface area contributed by atoms with E-state index in [0.717, 1.165) is 44.8 Å². The smallest absolute Gasteiger partial charge is 0.348 e. The molecule has 1 saturated heterocycles. The van der Waals surface area contributed by atoms with E-state index in [0.29, 0.717) is 11.5 Å². The first-order valence-electron chi connectivity index (χ1n) is 21.3. The molecule has 0 amide bonds. The van der Waals surface area contributed by atoms with E-state index in [-0.39, 0.29) is 58.3 Å². The van der Waals surface area contributed by atoms with Crippen LogP contribution in [0, 0.1) is 18.8 Å². The molecule has 1 fully saturated rings. The van der Waals surface area contributed by atoms with Crippen LogP contribution in [0.5, 0.6) is 11.5 Å². The summed E-state index contributed by atoms with van der Waals surface area (Å²) in [6, 6.07) is 41.9. The van der Waals surface area contributed by atoms with Gasteiger partial charge in [-0.05, 0) is 72.7 Å². The molecule has 5 aromatic carbocycles. The minimum Gasteiger partial charge on any atom is -0.509 e. The predicted octanol–water partition coefficient (Wildman–Crippen LogP) is 10.0. The standard InChI is InChI=1S/C49H53B3N7O.Pt/c1-47(2,3)32-27-34(58-31-57(33-19-14-13-15-20-33)40-23-16-17-24-41(40)58)29-36(28-32)60-35-25-26-37-38-21-18-22-39-43(38)45-44(49(6,7)48(39,4)5)46(53-59(45)42(37)30-35)52-55(11)50(8)54(10)51(9)56(52)12;/h13-28,31H,1-12H3;/q-3;. The van der Waals surface area contributed by atoms with Crippen molar-refractivity contribution in [3.8, 4) is 11.5 Å². The Balaban J connectivity index is 0.00000476. The summed E-state index contributed by atoms with van der Waals surface area (Å²) in [7, 11) is 6.68. The van der Waals surface area contributed by atoms with Gasteiger partial charge in [-0.2, -0.15) is 11.2 Å². The molecule has 0 bridgehead atoms. The summed E-state index contributed by atoms with van der Waals surface area (Å²) in [5.74, 6) is 1.26. The van der Waals surface area contributed by atoms with E-state index >= 15 is 0 Å². The normalized spacial score (nSPS) is 17.9. The van der Waals surface area contributed by atoms with Crippen molar-refractivity contribution >= 4 is 76.5 Å². The Morgan fingerprint density at radius 3 is 2.02 bits per heavy atom. The minimum atomic E-state index is -0.231. The van der Waals surface area contributed by atoms with Crippen molar-refractivity contribution in [2.75, 3.05) is 30.9 Å². The summed E-state index contributed by atoms with van der Waals surface area (Å²) in [4.78, 5) is 4.45. The first-order chi connectivity index (χ1) is 28.5. The third-order valence-corrected chi connectivity index (χ3v) is 14.7. The maximum atomic E-state index is 6.89. The number of fused-ring (bicyclic) bond motifs is 4. The maximum absolute atomic E-state index is 6.89. The van der Waals surface area contributed by atoms with Crippen LogP contribution in [0.4, 0.5) is 22.7 Å². The maximum Gasteiger partial charge on any atom is 0.348 e. The van der Waals surface area contributed by atoms with Gasteiger partial charge in [-0.1, -0.05) is 116 Å². The average Bonchev–Trinajstić information content (AvgIpc) is 3.82. The molecule has 312 valence electrons. The van der Waals surface area contributed by atoms with Crippen molar-refractivity contribution < 1.29 is 25.8 Å². The molecule has 0 unspecified atom stereocenters. The Bertz CT molecular complexity index is 2840. The molecule has 0 spiro atoms. The summed E-state index contributed by atoms with van der Waals surface area (Å²) in [5.41, 5.74) is 10.7. The van der Waals surface area contributed by atoms with Gasteiger partial charge in [0.15, 0.2) is 0 Å². The SMILES string of the molecule is CB1N(C)B(C)N(C)B(c2nn3c4[c-]c(Oc5[c-]c(N6[CH-]N(c7ccccc7)c7ccccc76)cc(C(C)(C)C)c5)ccc4c4cccc5c4c3c2C(C)(C)C5(C)C)N1C.[Pt]. The van der Waals surface area contributed by atoms with E-state index in [2.05, 4.69) is 228 Å². The molecule has 0 atom stereocenters. The quantitative estimate of drug-likeness (QED) is 0.0968. The monoisotopic (exact) mass is 983 g/mol. The van der Waals surface area contributed by atoms with E-state index in [4.69, 9.17) is 9.84 Å². The van der Waals surface area contributed by atoms with Gasteiger partial charge in [-0.3, -0.25) is 4.52 Å². The minimum absolute atomic E-state index is 0. The molecule has 0 saturated carbocycles. The van der Waals surface area contributed by atoms with Gasteiger partial charge >= 0.3 is 6.98 Å². The molecule has 10 rings (SSSR count). The van der Waals surface area contributed by atoms with Crippen LogP contribution in [0.3, 0.4) is 0 Å². The zero-order valence-corrected chi connectivity index (χ0v) is 39.7. The molecule has 12 heteroatoms. The zero-order chi connectivity index (χ0) is 42.2. The van der Waals surface area contributed by atoms with Crippen molar-refractivity contribution in [2.24, 2.45) is 0 Å². The van der Waals surface area contributed by atoms with Crippen LogP contribution >= 0.6 is 0 Å². The van der Waals surface area contributed by atoms with Crippen LogP contribution in [-0.4, -0.2) is 65.9 Å². The fourth-order valence-corrected chi connectivity index (χ4v) is 10.1. The molecular formula is C49H53B3N7OPt-3. The van der Waals surface area contributed by atoms with E-state index in [1.54, 1.807) is 0 Å². The third kappa shape index (κ3) is 6.16. The van der Waals surface area contributed by atoms with Gasteiger partial charge in [-0.25, -0.2) is 0 Å². The zero-order valence-electron chi connectivity index (χ0n) is 37.4. The van der Waals surface area contributed by atoms with Crippen LogP contribution in [-0.2, 0) is 37.3 Å². The van der Waals surface area contributed by atoms with Gasteiger partial charge in [0, 0.05) is 60.6 Å². The number of pyridine rings is 1. The number of nitrogens with zero attached hydrogens (tertiary/aromatic N) is 7. The topological polar surface area (TPSA) is 42.7 Å². The summed E-state index contributed by atoms with van der Waals surface area (Å²) >= 11 is 0. The molecule has 61 heavy (non-hydrogen) atoms. The van der Waals surface area contributed by atoms with E-state index in [1.165, 1.54) is 27.4 Å². The van der Waals surface area contributed by atoms with Crippen LogP contribution in [0.1, 0.15) is 65.2 Å². The predicted molar refractivity (Wildman–Crippen MR) is 253 cm³/mol. The summed E-state index contributed by atoms with van der Waals surface area (Å²) in [6.45, 7) is 23.5. The summed E-state index contributed by atoms with van der Waals surface area (Å²) in [5, 5.41) is 9.30. The van der Waals surface area contributed by atoms with Crippen LogP contribution in [0.25, 0.3) is 27.2 Å². The number of anilines is 4. The Labute approximate surface area is 377 Å². The fourth-order valence-electron chi connectivity index (χ4n) is 10.1. The molecule has 1 aliphatic carbocycles. The number of rotatable bonds is 5. The first kappa shape index (κ1) is 41.8. The Morgan fingerprint density at radius 1 is 0.689 bits per heavy atom. The molecule has 8 nitrogen and oxygen atoms in total. The second-order valence-electron chi connectivity index (χ2n) is 19.4. The molecule has 0 radical (unpaired) electrons. The van der Waals surface area contributed by atoms with Crippen molar-refractivity contribution in [3.63, 3.8) is 0 Å².